The molecule has 134 valence electrons. The Morgan fingerprint density at radius 3 is 2.52 bits per heavy atom. The molecule has 0 radical (unpaired) electrons. The zero-order valence-electron chi connectivity index (χ0n) is 13.8. The van der Waals surface area contributed by atoms with Crippen LogP contribution in [0.4, 0.5) is 0 Å². The van der Waals surface area contributed by atoms with E-state index in [2.05, 4.69) is 0 Å². The molecule has 0 saturated carbocycles. The summed E-state index contributed by atoms with van der Waals surface area (Å²) in [5.74, 6) is -2.60. The van der Waals surface area contributed by atoms with Gasteiger partial charge in [-0.3, -0.25) is 14.4 Å². The van der Waals surface area contributed by atoms with Crippen molar-refractivity contribution >= 4 is 27.8 Å². The first-order valence-corrected chi connectivity index (χ1v) is 9.33. The van der Waals surface area contributed by atoms with Gasteiger partial charge in [-0.15, -0.1) is 0 Å². The van der Waals surface area contributed by atoms with Crippen molar-refractivity contribution in [2.24, 2.45) is 5.92 Å². The molecule has 0 bridgehead atoms. The molecule has 1 N–H and O–H groups in total. The fourth-order valence-electron chi connectivity index (χ4n) is 3.22. The Balaban J connectivity index is 1.94. The van der Waals surface area contributed by atoms with Gasteiger partial charge in [0.25, 0.3) is 21.8 Å². The van der Waals surface area contributed by atoms with Crippen LogP contribution in [-0.2, 0) is 14.8 Å². The van der Waals surface area contributed by atoms with Crippen molar-refractivity contribution in [2.45, 2.75) is 31.2 Å². The highest BCUT2D eigenvalue weighted by Gasteiger charge is 2.43. The van der Waals surface area contributed by atoms with Crippen LogP contribution >= 0.6 is 0 Å². The molecule has 1 saturated heterocycles. The third kappa shape index (κ3) is 2.68. The van der Waals surface area contributed by atoms with E-state index in [1.807, 2.05) is 0 Å². The second-order valence-electron chi connectivity index (χ2n) is 6.49. The summed E-state index contributed by atoms with van der Waals surface area (Å²) in [6, 6.07) is 3.43. The lowest BCUT2D eigenvalue weighted by atomic mass is 10.1. The van der Waals surface area contributed by atoms with Crippen molar-refractivity contribution in [3.63, 3.8) is 0 Å². The number of hydrogen-bond donors (Lipinski definition) is 1. The molecule has 0 aromatic heterocycles. The van der Waals surface area contributed by atoms with Crippen LogP contribution in [0.25, 0.3) is 0 Å². The van der Waals surface area contributed by atoms with Gasteiger partial charge < -0.3 is 10.0 Å². The van der Waals surface area contributed by atoms with Crippen LogP contribution in [0.5, 0.6) is 0 Å². The second kappa shape index (κ2) is 5.83. The maximum Gasteiger partial charge on any atom is 0.308 e. The maximum atomic E-state index is 12.6. The lowest BCUT2D eigenvalue weighted by molar-refractivity contribution is -0.141. The number of carbonyl (C=O) groups is 3. The van der Waals surface area contributed by atoms with E-state index >= 15 is 0 Å². The number of rotatable bonds is 3. The van der Waals surface area contributed by atoms with Crippen molar-refractivity contribution in [3.05, 3.63) is 29.3 Å². The summed E-state index contributed by atoms with van der Waals surface area (Å²) in [5, 5.41) is 9.03. The lowest BCUT2D eigenvalue weighted by Gasteiger charge is -2.19. The first-order chi connectivity index (χ1) is 11.6. The molecule has 1 fully saturated rings. The Kier molecular flexibility index (Phi) is 4.06. The Bertz CT molecular complexity index is 877. The summed E-state index contributed by atoms with van der Waals surface area (Å²) in [6.07, 6.45) is 0.365. The highest BCUT2D eigenvalue weighted by molar-refractivity contribution is 7.90. The van der Waals surface area contributed by atoms with Gasteiger partial charge in [0.1, 0.15) is 4.90 Å². The number of aliphatic carboxylic acids is 1. The SMILES string of the molecule is CC(C)N1C(=O)c2ccc(C(=O)N3CCC(C(=O)O)C3)cc2S1(=O)=O. The smallest absolute Gasteiger partial charge is 0.308 e. The number of sulfonamides is 1. The molecule has 8 nitrogen and oxygen atoms in total. The lowest BCUT2D eigenvalue weighted by Crippen LogP contribution is -2.36. The van der Waals surface area contributed by atoms with E-state index in [-0.39, 0.29) is 22.6 Å². The maximum absolute atomic E-state index is 12.6. The molecule has 2 aliphatic heterocycles. The van der Waals surface area contributed by atoms with Crippen molar-refractivity contribution in [1.82, 2.24) is 9.21 Å². The number of fused-ring (bicyclic) bond motifs is 1. The van der Waals surface area contributed by atoms with E-state index in [4.69, 9.17) is 5.11 Å². The van der Waals surface area contributed by atoms with Gasteiger partial charge in [0, 0.05) is 24.7 Å². The summed E-state index contributed by atoms with van der Waals surface area (Å²) in [6.45, 7) is 3.60. The Morgan fingerprint density at radius 2 is 1.96 bits per heavy atom. The van der Waals surface area contributed by atoms with E-state index in [1.54, 1.807) is 13.8 Å². The standard InChI is InChI=1S/C16H18N2O6S/c1-9(2)18-15(20)12-4-3-10(7-13(12)25(18,23)24)14(19)17-6-5-11(8-17)16(21)22/h3-4,7,9,11H,5-6,8H2,1-2H3,(H,21,22). The largest absolute Gasteiger partial charge is 0.481 e. The van der Waals surface area contributed by atoms with Gasteiger partial charge >= 0.3 is 5.97 Å². The van der Waals surface area contributed by atoms with Crippen LogP contribution in [0, 0.1) is 5.92 Å². The third-order valence-corrected chi connectivity index (χ3v) is 6.49. The predicted octanol–water partition coefficient (Wildman–Crippen LogP) is 0.786. The van der Waals surface area contributed by atoms with Gasteiger partial charge in [-0.1, -0.05) is 0 Å². The van der Waals surface area contributed by atoms with Crippen molar-refractivity contribution in [3.8, 4) is 0 Å². The fraction of sp³-hybridized carbons (Fsp3) is 0.438. The van der Waals surface area contributed by atoms with E-state index in [0.717, 1.165) is 4.31 Å². The van der Waals surface area contributed by atoms with Crippen LogP contribution in [0.2, 0.25) is 0 Å². The van der Waals surface area contributed by atoms with Crippen LogP contribution in [0.3, 0.4) is 0 Å². The molecular weight excluding hydrogens is 348 g/mol. The van der Waals surface area contributed by atoms with Crippen molar-refractivity contribution in [1.29, 1.82) is 0 Å². The molecule has 1 aromatic rings. The summed E-state index contributed by atoms with van der Waals surface area (Å²) in [5.41, 5.74) is 0.182. The molecule has 1 atom stereocenters. The zero-order chi connectivity index (χ0) is 18.5. The van der Waals surface area contributed by atoms with Gasteiger partial charge in [0.2, 0.25) is 0 Å². The van der Waals surface area contributed by atoms with Crippen LogP contribution in [0.1, 0.15) is 41.0 Å². The van der Waals surface area contributed by atoms with Crippen molar-refractivity contribution < 1.29 is 27.9 Å². The molecule has 2 heterocycles. The van der Waals surface area contributed by atoms with Gasteiger partial charge in [-0.25, -0.2) is 12.7 Å². The summed E-state index contributed by atoms with van der Waals surface area (Å²) >= 11 is 0. The van der Waals surface area contributed by atoms with Gasteiger partial charge in [-0.05, 0) is 38.5 Å². The molecule has 2 aliphatic rings. The third-order valence-electron chi connectivity index (χ3n) is 4.49. The number of nitrogens with zero attached hydrogens (tertiary/aromatic N) is 2. The van der Waals surface area contributed by atoms with E-state index in [1.165, 1.54) is 23.1 Å². The van der Waals surface area contributed by atoms with E-state index in [0.29, 0.717) is 13.0 Å². The first kappa shape index (κ1) is 17.4. The fourth-order valence-corrected chi connectivity index (χ4v) is 5.01. The Labute approximate surface area is 145 Å². The molecule has 2 amide bonds. The van der Waals surface area contributed by atoms with Crippen LogP contribution in [-0.4, -0.2) is 59.6 Å². The highest BCUT2D eigenvalue weighted by atomic mass is 32.2. The molecule has 25 heavy (non-hydrogen) atoms. The number of carbonyl (C=O) groups excluding carboxylic acids is 2. The Hall–Kier alpha value is -2.42. The van der Waals surface area contributed by atoms with Gasteiger partial charge in [-0.2, -0.15) is 0 Å². The molecule has 9 heteroatoms. The molecule has 1 aromatic carbocycles. The monoisotopic (exact) mass is 366 g/mol. The molecule has 3 rings (SSSR count). The van der Waals surface area contributed by atoms with Crippen LogP contribution < -0.4 is 0 Å². The highest BCUT2D eigenvalue weighted by Crippen LogP contribution is 2.33. The number of carboxylic acids is 1. The normalized spacial score (nSPS) is 21.7. The quantitative estimate of drug-likeness (QED) is 0.846. The zero-order valence-corrected chi connectivity index (χ0v) is 14.6. The Morgan fingerprint density at radius 1 is 1.28 bits per heavy atom. The van der Waals surface area contributed by atoms with Gasteiger partial charge in [0.05, 0.1) is 11.5 Å². The number of hydrogen-bond acceptors (Lipinski definition) is 5. The predicted molar refractivity (Wildman–Crippen MR) is 86.6 cm³/mol. The second-order valence-corrected chi connectivity index (χ2v) is 8.27. The molecule has 1 unspecified atom stereocenters. The van der Waals surface area contributed by atoms with E-state index < -0.39 is 39.8 Å². The molecule has 0 aliphatic carbocycles. The average Bonchev–Trinajstić information content (AvgIpc) is 3.09. The van der Waals surface area contributed by atoms with Crippen LogP contribution in [0.15, 0.2) is 23.1 Å². The summed E-state index contributed by atoms with van der Waals surface area (Å²) in [7, 11) is -3.98. The number of likely N-dealkylation sites (tertiary alicyclic amines) is 1. The van der Waals surface area contributed by atoms with E-state index in [9.17, 15) is 22.8 Å². The minimum Gasteiger partial charge on any atom is -0.481 e. The number of carboxylic acid groups (broad SMARTS) is 1. The average molecular weight is 366 g/mol. The number of amides is 2. The summed E-state index contributed by atoms with van der Waals surface area (Å²) in [4.78, 5) is 37.1. The molecule has 0 spiro atoms. The van der Waals surface area contributed by atoms with Gasteiger partial charge in [0.15, 0.2) is 0 Å². The van der Waals surface area contributed by atoms with Crippen molar-refractivity contribution in [2.75, 3.05) is 13.1 Å². The minimum absolute atomic E-state index is 0.0510. The summed E-state index contributed by atoms with van der Waals surface area (Å²) < 4.78 is 26.0. The first-order valence-electron chi connectivity index (χ1n) is 7.89. The molecular formula is C16H18N2O6S. The topological polar surface area (TPSA) is 112 Å². The minimum atomic E-state index is -3.98. The number of benzene rings is 1.